The molecule has 164 valence electrons. The first-order valence-electron chi connectivity index (χ1n) is 10.8. The van der Waals surface area contributed by atoms with E-state index in [1.165, 1.54) is 0 Å². The molecule has 1 atom stereocenters. The monoisotopic (exact) mass is 430 g/mol. The maximum Gasteiger partial charge on any atom is 0.239 e. The molecule has 0 aliphatic carbocycles. The van der Waals surface area contributed by atoms with E-state index in [0.29, 0.717) is 0 Å². The van der Waals surface area contributed by atoms with Crippen LogP contribution in [0, 0.1) is 0 Å². The summed E-state index contributed by atoms with van der Waals surface area (Å²) in [7, 11) is 1.90. The second-order valence-corrected chi connectivity index (χ2v) is 8.10. The summed E-state index contributed by atoms with van der Waals surface area (Å²) in [5.41, 5.74) is 3.65. The van der Waals surface area contributed by atoms with Gasteiger partial charge in [0.25, 0.3) is 0 Å². The molecule has 4 aromatic rings. The molecular formula is C23H26N8O. The number of carbonyl (C=O) groups excluding carboxylic acids is 1. The quantitative estimate of drug-likeness (QED) is 0.434. The average Bonchev–Trinajstić information content (AvgIpc) is 3.47. The minimum Gasteiger partial charge on any atom is -0.376 e. The predicted molar refractivity (Wildman–Crippen MR) is 124 cm³/mol. The molecule has 3 N–H and O–H groups in total. The number of benzene rings is 1. The predicted octanol–water partition coefficient (Wildman–Crippen LogP) is 2.56. The Morgan fingerprint density at radius 1 is 1.25 bits per heavy atom. The first kappa shape index (κ1) is 20.0. The zero-order valence-electron chi connectivity index (χ0n) is 18.0. The summed E-state index contributed by atoms with van der Waals surface area (Å²) < 4.78 is 1.78. The molecule has 1 amide bonds. The van der Waals surface area contributed by atoms with Crippen molar-refractivity contribution in [2.75, 3.05) is 29.9 Å². The number of aromatic amines is 1. The van der Waals surface area contributed by atoms with E-state index in [4.69, 9.17) is 0 Å². The largest absolute Gasteiger partial charge is 0.376 e. The second kappa shape index (κ2) is 8.70. The number of carbonyl (C=O) groups is 1. The number of fused-ring (bicyclic) bond motifs is 1. The van der Waals surface area contributed by atoms with Gasteiger partial charge in [-0.1, -0.05) is 12.1 Å². The molecule has 1 unspecified atom stereocenters. The maximum absolute atomic E-state index is 12.6. The molecule has 0 bridgehead atoms. The summed E-state index contributed by atoms with van der Waals surface area (Å²) in [5.74, 6) is 0.897. The van der Waals surface area contributed by atoms with E-state index in [0.717, 1.165) is 59.7 Å². The van der Waals surface area contributed by atoms with Gasteiger partial charge in [0.2, 0.25) is 5.91 Å². The lowest BCUT2D eigenvalue weighted by atomic mass is 10.1. The van der Waals surface area contributed by atoms with Gasteiger partial charge in [0.05, 0.1) is 17.6 Å². The number of nitrogens with zero attached hydrogens (tertiary/aromatic N) is 5. The molecule has 1 aliphatic rings. The second-order valence-electron chi connectivity index (χ2n) is 8.10. The van der Waals surface area contributed by atoms with Crippen LogP contribution in [0.4, 0.5) is 11.5 Å². The van der Waals surface area contributed by atoms with Gasteiger partial charge >= 0.3 is 0 Å². The summed E-state index contributed by atoms with van der Waals surface area (Å²) in [6, 6.07) is 12.0. The highest BCUT2D eigenvalue weighted by Gasteiger charge is 2.23. The molecule has 1 aliphatic heterocycles. The Hall–Kier alpha value is -3.88. The van der Waals surface area contributed by atoms with Gasteiger partial charge in [0.15, 0.2) is 0 Å². The van der Waals surface area contributed by atoms with Gasteiger partial charge in [-0.25, -0.2) is 9.97 Å². The molecule has 9 nitrogen and oxygen atoms in total. The van der Waals surface area contributed by atoms with Gasteiger partial charge < -0.3 is 20.5 Å². The SMILES string of the molecule is Cn1ccc(-c2cccc(NCC(=O)NC3CCCN(c4ncnc5[nH]ccc45)C3)c2)n1. The summed E-state index contributed by atoms with van der Waals surface area (Å²) in [4.78, 5) is 26.7. The van der Waals surface area contributed by atoms with E-state index >= 15 is 0 Å². The molecule has 32 heavy (non-hydrogen) atoms. The van der Waals surface area contributed by atoms with Gasteiger partial charge in [-0.2, -0.15) is 5.10 Å². The van der Waals surface area contributed by atoms with E-state index in [1.807, 2.05) is 55.8 Å². The van der Waals surface area contributed by atoms with Crippen LogP contribution in [0.5, 0.6) is 0 Å². The molecule has 3 aromatic heterocycles. The van der Waals surface area contributed by atoms with Crippen LogP contribution in [0.3, 0.4) is 0 Å². The van der Waals surface area contributed by atoms with Crippen LogP contribution in [0.1, 0.15) is 12.8 Å². The van der Waals surface area contributed by atoms with E-state index in [-0.39, 0.29) is 18.5 Å². The Kier molecular flexibility index (Phi) is 5.45. The molecule has 0 spiro atoms. The zero-order valence-corrected chi connectivity index (χ0v) is 18.0. The van der Waals surface area contributed by atoms with Gasteiger partial charge in [-0.05, 0) is 37.1 Å². The number of H-pyrrole nitrogens is 1. The number of rotatable bonds is 6. The number of aryl methyl sites for hydroxylation is 1. The third-order valence-electron chi connectivity index (χ3n) is 5.74. The lowest BCUT2D eigenvalue weighted by molar-refractivity contribution is -0.120. The zero-order chi connectivity index (χ0) is 21.9. The molecular weight excluding hydrogens is 404 g/mol. The smallest absolute Gasteiger partial charge is 0.239 e. The summed E-state index contributed by atoms with van der Waals surface area (Å²) in [6.45, 7) is 1.87. The number of aromatic nitrogens is 5. The van der Waals surface area contributed by atoms with E-state index in [9.17, 15) is 4.79 Å². The number of anilines is 2. The topological polar surface area (TPSA) is 104 Å². The van der Waals surface area contributed by atoms with Crippen LogP contribution in [-0.4, -0.2) is 56.3 Å². The number of hydrogen-bond donors (Lipinski definition) is 3. The van der Waals surface area contributed by atoms with Gasteiger partial charge in [0.1, 0.15) is 17.8 Å². The van der Waals surface area contributed by atoms with Gasteiger partial charge in [-0.3, -0.25) is 9.48 Å². The Labute approximate surface area is 185 Å². The van der Waals surface area contributed by atoms with Gasteiger partial charge in [0, 0.05) is 49.8 Å². The molecule has 1 saturated heterocycles. The molecule has 1 fully saturated rings. The fourth-order valence-electron chi connectivity index (χ4n) is 4.22. The Bertz CT molecular complexity index is 1230. The van der Waals surface area contributed by atoms with Crippen LogP contribution < -0.4 is 15.5 Å². The van der Waals surface area contributed by atoms with E-state index in [2.05, 4.69) is 35.6 Å². The minimum atomic E-state index is -0.0189. The highest BCUT2D eigenvalue weighted by atomic mass is 16.2. The van der Waals surface area contributed by atoms with Crippen molar-refractivity contribution in [2.24, 2.45) is 7.05 Å². The first-order valence-corrected chi connectivity index (χ1v) is 10.8. The fraction of sp³-hybridized carbons (Fsp3) is 0.304. The van der Waals surface area contributed by atoms with Crippen molar-refractivity contribution in [2.45, 2.75) is 18.9 Å². The van der Waals surface area contributed by atoms with Crippen molar-refractivity contribution in [3.8, 4) is 11.3 Å². The van der Waals surface area contributed by atoms with Crippen molar-refractivity contribution in [3.63, 3.8) is 0 Å². The lowest BCUT2D eigenvalue weighted by Crippen LogP contribution is -2.49. The number of amides is 1. The normalized spacial score (nSPS) is 16.3. The summed E-state index contributed by atoms with van der Waals surface area (Å²) in [6.07, 6.45) is 7.33. The average molecular weight is 431 g/mol. The molecule has 1 aromatic carbocycles. The third-order valence-corrected chi connectivity index (χ3v) is 5.74. The van der Waals surface area contributed by atoms with Crippen LogP contribution in [0.25, 0.3) is 22.3 Å². The minimum absolute atomic E-state index is 0.0189. The highest BCUT2D eigenvalue weighted by molar-refractivity contribution is 5.87. The van der Waals surface area contributed by atoms with Crippen molar-refractivity contribution < 1.29 is 4.79 Å². The van der Waals surface area contributed by atoms with Gasteiger partial charge in [-0.15, -0.1) is 0 Å². The Morgan fingerprint density at radius 3 is 3.06 bits per heavy atom. The van der Waals surface area contributed by atoms with Crippen molar-refractivity contribution in [1.29, 1.82) is 0 Å². The number of piperidine rings is 1. The number of hydrogen-bond acceptors (Lipinski definition) is 6. The number of nitrogens with one attached hydrogen (secondary N) is 3. The standard InChI is InChI=1S/C23H26N8O/c1-30-11-8-20(29-30)16-4-2-5-17(12-16)25-13-21(32)28-18-6-3-10-31(14-18)23-19-7-9-24-22(19)26-15-27-23/h2,4-5,7-9,11-12,15,18,25H,3,6,10,13-14H2,1H3,(H,28,32)(H,24,26,27). The molecule has 0 radical (unpaired) electrons. The van der Waals surface area contributed by atoms with Crippen molar-refractivity contribution >= 4 is 28.4 Å². The first-order chi connectivity index (χ1) is 15.7. The molecule has 9 heteroatoms. The van der Waals surface area contributed by atoms with Crippen LogP contribution in [-0.2, 0) is 11.8 Å². The lowest BCUT2D eigenvalue weighted by Gasteiger charge is -2.34. The van der Waals surface area contributed by atoms with E-state index < -0.39 is 0 Å². The Morgan fingerprint density at radius 2 is 2.19 bits per heavy atom. The summed E-state index contributed by atoms with van der Waals surface area (Å²) >= 11 is 0. The van der Waals surface area contributed by atoms with Crippen LogP contribution in [0.15, 0.2) is 55.1 Å². The maximum atomic E-state index is 12.6. The van der Waals surface area contributed by atoms with E-state index in [1.54, 1.807) is 11.0 Å². The molecule has 5 rings (SSSR count). The van der Waals surface area contributed by atoms with Crippen molar-refractivity contribution in [3.05, 3.63) is 55.1 Å². The molecule has 4 heterocycles. The third kappa shape index (κ3) is 4.27. The summed E-state index contributed by atoms with van der Waals surface area (Å²) in [5, 5.41) is 11.8. The van der Waals surface area contributed by atoms with Crippen molar-refractivity contribution in [1.82, 2.24) is 30.0 Å². The molecule has 0 saturated carbocycles. The fourth-order valence-corrected chi connectivity index (χ4v) is 4.22. The van der Waals surface area contributed by atoms with Crippen LogP contribution >= 0.6 is 0 Å². The van der Waals surface area contributed by atoms with Crippen LogP contribution in [0.2, 0.25) is 0 Å². The Balaban J connectivity index is 1.18. The highest BCUT2D eigenvalue weighted by Crippen LogP contribution is 2.25.